The van der Waals surface area contributed by atoms with E-state index in [9.17, 15) is 13.2 Å². The normalized spacial score (nSPS) is 11.7. The van der Waals surface area contributed by atoms with Crippen LogP contribution in [-0.4, -0.2) is 13.6 Å². The van der Waals surface area contributed by atoms with Crippen molar-refractivity contribution < 1.29 is 13.2 Å². The van der Waals surface area contributed by atoms with E-state index in [0.29, 0.717) is 12.0 Å². The lowest BCUT2D eigenvalue weighted by molar-refractivity contribution is -0.137. The first-order valence-corrected chi connectivity index (χ1v) is 7.43. The molecule has 21 heavy (non-hydrogen) atoms. The van der Waals surface area contributed by atoms with Gasteiger partial charge in [0.2, 0.25) is 0 Å². The van der Waals surface area contributed by atoms with Crippen molar-refractivity contribution in [1.82, 2.24) is 5.32 Å². The second kappa shape index (κ2) is 8.23. The Hall–Kier alpha value is -1.29. The molecule has 0 radical (unpaired) electrons. The first-order valence-electron chi connectivity index (χ1n) is 7.43. The maximum absolute atomic E-state index is 12.8. The van der Waals surface area contributed by atoms with Crippen molar-refractivity contribution in [3.8, 4) is 0 Å². The molecule has 1 N–H and O–H groups in total. The number of unbranched alkanes of at least 4 members (excludes halogenated alkanes) is 2. The minimum Gasteiger partial charge on any atom is -0.320 e. The summed E-state index contributed by atoms with van der Waals surface area (Å²) in [5.74, 6) is 0. The molecule has 0 aliphatic heterocycles. The number of allylic oxidation sites excluding steroid dienone is 1. The minimum absolute atomic E-state index is 0.592. The van der Waals surface area contributed by atoms with E-state index in [1.807, 2.05) is 14.0 Å². The quantitative estimate of drug-likeness (QED) is 0.661. The van der Waals surface area contributed by atoms with E-state index in [1.54, 1.807) is 6.07 Å². The number of hydrogen-bond donors (Lipinski definition) is 1. The lowest BCUT2D eigenvalue weighted by Crippen LogP contribution is -2.08. The Balaban J connectivity index is 2.85. The number of aryl methyl sites for hydroxylation is 1. The molecule has 0 bridgehead atoms. The van der Waals surface area contributed by atoms with Gasteiger partial charge in [0.1, 0.15) is 0 Å². The average Bonchev–Trinajstić information content (AvgIpc) is 2.45. The van der Waals surface area contributed by atoms with Gasteiger partial charge in [-0.05, 0) is 68.1 Å². The van der Waals surface area contributed by atoms with Crippen LogP contribution in [-0.2, 0) is 12.6 Å². The molecule has 0 unspecified atom stereocenters. The van der Waals surface area contributed by atoms with Gasteiger partial charge in [-0.15, -0.1) is 0 Å². The van der Waals surface area contributed by atoms with Crippen LogP contribution < -0.4 is 5.32 Å². The first kappa shape index (κ1) is 17.8. The van der Waals surface area contributed by atoms with Crippen LogP contribution >= 0.6 is 0 Å². The van der Waals surface area contributed by atoms with Crippen LogP contribution in [0.3, 0.4) is 0 Å². The number of hydrogen-bond acceptors (Lipinski definition) is 1. The third kappa shape index (κ3) is 5.54. The van der Waals surface area contributed by atoms with Crippen molar-refractivity contribution >= 4 is 5.57 Å². The topological polar surface area (TPSA) is 12.0 Å². The fraction of sp³-hybridized carbons (Fsp3) is 0.529. The fourth-order valence-corrected chi connectivity index (χ4v) is 2.28. The molecule has 1 nitrogen and oxygen atoms in total. The summed E-state index contributed by atoms with van der Waals surface area (Å²) in [5, 5.41) is 3.09. The highest BCUT2D eigenvalue weighted by Crippen LogP contribution is 2.33. The zero-order valence-electron chi connectivity index (χ0n) is 12.8. The summed E-state index contributed by atoms with van der Waals surface area (Å²) >= 11 is 0. The smallest absolute Gasteiger partial charge is 0.320 e. The summed E-state index contributed by atoms with van der Waals surface area (Å²) in [6, 6.07) is 4.03. The summed E-state index contributed by atoms with van der Waals surface area (Å²) in [6.07, 6.45) is 0.302. The Morgan fingerprint density at radius 3 is 2.48 bits per heavy atom. The van der Waals surface area contributed by atoms with Crippen LogP contribution in [0.1, 0.15) is 49.3 Å². The second-order valence-corrected chi connectivity index (χ2v) is 5.24. The van der Waals surface area contributed by atoms with E-state index in [2.05, 4.69) is 11.9 Å². The van der Waals surface area contributed by atoms with Crippen LogP contribution in [0.2, 0.25) is 0 Å². The summed E-state index contributed by atoms with van der Waals surface area (Å²) in [7, 11) is 1.92. The number of alkyl halides is 3. The molecule has 0 saturated carbocycles. The van der Waals surface area contributed by atoms with E-state index >= 15 is 0 Å². The van der Waals surface area contributed by atoms with E-state index in [4.69, 9.17) is 0 Å². The summed E-state index contributed by atoms with van der Waals surface area (Å²) < 4.78 is 38.5. The Bertz CT molecular complexity index is 464. The van der Waals surface area contributed by atoms with Crippen molar-refractivity contribution in [2.75, 3.05) is 13.6 Å². The van der Waals surface area contributed by atoms with Gasteiger partial charge in [-0.2, -0.15) is 13.2 Å². The highest BCUT2D eigenvalue weighted by molar-refractivity contribution is 5.67. The van der Waals surface area contributed by atoms with E-state index < -0.39 is 11.7 Å². The van der Waals surface area contributed by atoms with Crippen LogP contribution in [0, 0.1) is 0 Å². The molecule has 4 heteroatoms. The lowest BCUT2D eigenvalue weighted by atomic mass is 9.93. The van der Waals surface area contributed by atoms with Crippen molar-refractivity contribution in [2.24, 2.45) is 0 Å². The highest BCUT2D eigenvalue weighted by Gasteiger charge is 2.31. The first-order chi connectivity index (χ1) is 9.90. The number of rotatable bonds is 8. The number of halogens is 3. The van der Waals surface area contributed by atoms with Crippen LogP contribution in [0.15, 0.2) is 24.8 Å². The molecule has 1 aromatic carbocycles. The van der Waals surface area contributed by atoms with Crippen molar-refractivity contribution in [1.29, 1.82) is 0 Å². The molecular weight excluding hydrogens is 275 g/mol. The third-order valence-electron chi connectivity index (χ3n) is 3.62. The molecule has 1 rings (SSSR count). The minimum atomic E-state index is -4.30. The van der Waals surface area contributed by atoms with Crippen molar-refractivity contribution in [3.63, 3.8) is 0 Å². The van der Waals surface area contributed by atoms with Crippen molar-refractivity contribution in [3.05, 3.63) is 41.5 Å². The largest absolute Gasteiger partial charge is 0.416 e. The molecule has 0 spiro atoms. The molecule has 0 amide bonds. The van der Waals surface area contributed by atoms with Gasteiger partial charge in [-0.1, -0.05) is 26.0 Å². The number of nitrogens with one attached hydrogen (secondary N) is 1. The van der Waals surface area contributed by atoms with E-state index in [-0.39, 0.29) is 0 Å². The Morgan fingerprint density at radius 1 is 1.19 bits per heavy atom. The van der Waals surface area contributed by atoms with Gasteiger partial charge in [0.25, 0.3) is 0 Å². The Kier molecular flexibility index (Phi) is 6.96. The Labute approximate surface area is 125 Å². The maximum Gasteiger partial charge on any atom is 0.416 e. The van der Waals surface area contributed by atoms with E-state index in [0.717, 1.165) is 43.4 Å². The standard InChI is InChI=1S/C17H24F3N/c1-4-13(2)16-12-15(17(18,19)20)10-9-14(16)8-6-5-7-11-21-3/h9-10,12,21H,2,4-8,11H2,1,3H3. The van der Waals surface area contributed by atoms with Gasteiger partial charge >= 0.3 is 6.18 Å². The Morgan fingerprint density at radius 2 is 1.90 bits per heavy atom. The monoisotopic (exact) mass is 299 g/mol. The molecule has 0 atom stereocenters. The molecule has 0 heterocycles. The van der Waals surface area contributed by atoms with Crippen LogP contribution in [0.25, 0.3) is 5.57 Å². The molecule has 118 valence electrons. The van der Waals surface area contributed by atoms with Crippen LogP contribution in [0.5, 0.6) is 0 Å². The SMILES string of the molecule is C=C(CC)c1cc(C(F)(F)F)ccc1CCCCCNC. The average molecular weight is 299 g/mol. The summed E-state index contributed by atoms with van der Waals surface area (Å²) in [5.41, 5.74) is 1.82. The predicted octanol–water partition coefficient (Wildman–Crippen LogP) is 5.06. The third-order valence-corrected chi connectivity index (χ3v) is 3.62. The lowest BCUT2D eigenvalue weighted by Gasteiger charge is -2.15. The molecule has 0 saturated heterocycles. The molecule has 1 aromatic rings. The van der Waals surface area contributed by atoms with Gasteiger partial charge in [0, 0.05) is 0 Å². The molecule has 0 aromatic heterocycles. The molecule has 0 fully saturated rings. The summed E-state index contributed by atoms with van der Waals surface area (Å²) in [6.45, 7) is 6.80. The maximum atomic E-state index is 12.8. The van der Waals surface area contributed by atoms with Gasteiger partial charge < -0.3 is 5.32 Å². The fourth-order valence-electron chi connectivity index (χ4n) is 2.28. The second-order valence-electron chi connectivity index (χ2n) is 5.24. The van der Waals surface area contributed by atoms with Crippen LogP contribution in [0.4, 0.5) is 13.2 Å². The molecule has 0 aliphatic carbocycles. The summed E-state index contributed by atoms with van der Waals surface area (Å²) in [4.78, 5) is 0. The zero-order chi connectivity index (χ0) is 15.9. The van der Waals surface area contributed by atoms with Gasteiger partial charge in [0.05, 0.1) is 5.56 Å². The zero-order valence-corrected chi connectivity index (χ0v) is 12.8. The van der Waals surface area contributed by atoms with Gasteiger partial charge in [-0.3, -0.25) is 0 Å². The van der Waals surface area contributed by atoms with Gasteiger partial charge in [0.15, 0.2) is 0 Å². The van der Waals surface area contributed by atoms with Crippen molar-refractivity contribution in [2.45, 2.75) is 45.2 Å². The highest BCUT2D eigenvalue weighted by atomic mass is 19.4. The number of benzene rings is 1. The van der Waals surface area contributed by atoms with Gasteiger partial charge in [-0.25, -0.2) is 0 Å². The van der Waals surface area contributed by atoms with E-state index in [1.165, 1.54) is 12.1 Å². The molecular formula is C17H24F3N. The predicted molar refractivity (Wildman–Crippen MR) is 82.3 cm³/mol. The molecule has 0 aliphatic rings.